The molecule has 4 heteroatoms. The third-order valence-electron chi connectivity index (χ3n) is 6.93. The maximum atomic E-state index is 12.8. The monoisotopic (exact) mass is 329 g/mol. The van der Waals surface area contributed by atoms with Gasteiger partial charge in [0.05, 0.1) is 5.56 Å². The van der Waals surface area contributed by atoms with Gasteiger partial charge in [0.15, 0.2) is 0 Å². The molecular formula is C20H27NO3. The number of nitrogens with one attached hydrogen (secondary N) is 1. The maximum absolute atomic E-state index is 12.8. The van der Waals surface area contributed by atoms with E-state index in [9.17, 15) is 9.59 Å². The molecule has 0 aromatic carbocycles. The Balaban J connectivity index is 1.53. The largest absolute Gasteiger partial charge is 0.427 e. The van der Waals surface area contributed by atoms with Gasteiger partial charge in [0, 0.05) is 12.1 Å². The number of hydrogen-bond acceptors (Lipinski definition) is 3. The molecule has 24 heavy (non-hydrogen) atoms. The Morgan fingerprint density at radius 3 is 2.67 bits per heavy atom. The van der Waals surface area contributed by atoms with Crippen molar-refractivity contribution >= 4 is 5.91 Å². The van der Waals surface area contributed by atoms with Gasteiger partial charge in [0.25, 0.3) is 5.91 Å². The molecule has 0 saturated heterocycles. The van der Waals surface area contributed by atoms with Crippen LogP contribution in [-0.4, -0.2) is 11.9 Å². The van der Waals surface area contributed by atoms with Crippen LogP contribution >= 0.6 is 0 Å². The molecule has 0 radical (unpaired) electrons. The Labute approximate surface area is 143 Å². The summed E-state index contributed by atoms with van der Waals surface area (Å²) >= 11 is 0. The van der Waals surface area contributed by atoms with Crippen molar-refractivity contribution in [3.05, 3.63) is 33.4 Å². The predicted octanol–water partition coefficient (Wildman–Crippen LogP) is 3.45. The normalized spacial score (nSPS) is 35.0. The van der Waals surface area contributed by atoms with Gasteiger partial charge in [-0.15, -0.1) is 0 Å². The molecule has 4 rings (SSSR count). The van der Waals surface area contributed by atoms with Crippen molar-refractivity contribution < 1.29 is 9.21 Å². The van der Waals surface area contributed by atoms with E-state index in [0.29, 0.717) is 22.8 Å². The van der Waals surface area contributed by atoms with Crippen LogP contribution in [0.25, 0.3) is 0 Å². The molecule has 3 aliphatic rings. The highest BCUT2D eigenvalue weighted by Crippen LogP contribution is 2.58. The Morgan fingerprint density at radius 2 is 1.92 bits per heavy atom. The SMILES string of the molecule is Cc1cc(=O)oc(C)c1C(=O)N[C@H](C)[C@H]1[C@@H]2CC[C@H]3C[C@H](C2)C[C@@H]31. The van der Waals surface area contributed by atoms with Gasteiger partial charge in [-0.3, -0.25) is 4.79 Å². The van der Waals surface area contributed by atoms with Crippen molar-refractivity contribution in [1.29, 1.82) is 0 Å². The average Bonchev–Trinajstić information content (AvgIpc) is 2.68. The summed E-state index contributed by atoms with van der Waals surface area (Å²) in [4.78, 5) is 24.2. The summed E-state index contributed by atoms with van der Waals surface area (Å²) < 4.78 is 5.12. The highest BCUT2D eigenvalue weighted by molar-refractivity contribution is 5.96. The third-order valence-corrected chi connectivity index (χ3v) is 6.93. The van der Waals surface area contributed by atoms with Gasteiger partial charge in [-0.2, -0.15) is 0 Å². The van der Waals surface area contributed by atoms with Crippen molar-refractivity contribution in [3.8, 4) is 0 Å². The van der Waals surface area contributed by atoms with E-state index in [-0.39, 0.29) is 11.9 Å². The summed E-state index contributed by atoms with van der Waals surface area (Å²) in [6, 6.07) is 1.58. The molecule has 1 heterocycles. The van der Waals surface area contributed by atoms with Gasteiger partial charge >= 0.3 is 5.63 Å². The van der Waals surface area contributed by atoms with Gasteiger partial charge in [-0.1, -0.05) is 0 Å². The number of fused-ring (bicyclic) bond motifs is 2. The summed E-state index contributed by atoms with van der Waals surface area (Å²) in [7, 11) is 0. The molecular weight excluding hydrogens is 302 g/mol. The first-order valence-corrected chi connectivity index (χ1v) is 9.36. The van der Waals surface area contributed by atoms with E-state index >= 15 is 0 Å². The molecule has 0 unspecified atom stereocenters. The van der Waals surface area contributed by atoms with Gasteiger partial charge in [-0.25, -0.2) is 4.79 Å². The van der Waals surface area contributed by atoms with Crippen molar-refractivity contribution in [3.63, 3.8) is 0 Å². The zero-order valence-corrected chi connectivity index (χ0v) is 14.8. The molecule has 3 bridgehead atoms. The molecule has 1 aromatic rings. The van der Waals surface area contributed by atoms with Crippen LogP contribution in [0.15, 0.2) is 15.3 Å². The van der Waals surface area contributed by atoms with E-state index in [0.717, 1.165) is 23.7 Å². The van der Waals surface area contributed by atoms with Crippen molar-refractivity contribution in [2.45, 2.75) is 58.9 Å². The molecule has 3 fully saturated rings. The number of aryl methyl sites for hydroxylation is 2. The minimum Gasteiger partial charge on any atom is -0.427 e. The van der Waals surface area contributed by atoms with E-state index in [1.165, 1.54) is 38.2 Å². The molecule has 0 spiro atoms. The molecule has 3 aliphatic carbocycles. The summed E-state index contributed by atoms with van der Waals surface area (Å²) in [6.45, 7) is 5.66. The number of carbonyl (C=O) groups is 1. The highest BCUT2D eigenvalue weighted by atomic mass is 16.4. The smallest absolute Gasteiger partial charge is 0.336 e. The molecule has 1 N–H and O–H groups in total. The first kappa shape index (κ1) is 15.9. The van der Waals surface area contributed by atoms with Crippen molar-refractivity contribution in [2.75, 3.05) is 0 Å². The van der Waals surface area contributed by atoms with E-state index in [4.69, 9.17) is 4.42 Å². The number of rotatable bonds is 3. The summed E-state index contributed by atoms with van der Waals surface area (Å²) in [5, 5.41) is 3.23. The fraction of sp³-hybridized carbons (Fsp3) is 0.700. The molecule has 1 amide bonds. The Hall–Kier alpha value is -1.58. The van der Waals surface area contributed by atoms with Gasteiger partial charge in [-0.05, 0) is 88.0 Å². The summed E-state index contributed by atoms with van der Waals surface area (Å²) in [6.07, 6.45) is 6.87. The van der Waals surface area contributed by atoms with Crippen LogP contribution in [0.2, 0.25) is 0 Å². The Morgan fingerprint density at radius 1 is 1.21 bits per heavy atom. The lowest BCUT2D eigenvalue weighted by molar-refractivity contribution is 0.0518. The Kier molecular flexibility index (Phi) is 3.81. The lowest BCUT2D eigenvalue weighted by Gasteiger charge is -2.45. The van der Waals surface area contributed by atoms with Gasteiger partial charge < -0.3 is 9.73 Å². The predicted molar refractivity (Wildman–Crippen MR) is 91.9 cm³/mol. The standard InChI is InChI=1S/C20H27NO3/c1-10-6-17(22)24-12(3)18(10)20(23)21-11(2)19-15-5-4-14-7-13(8-15)9-16(14)19/h6,11,13-16,19H,4-5,7-9H2,1-3H3,(H,21,23)/t11-,13-,14+,15-,16+,19+/m1/s1. The van der Waals surface area contributed by atoms with Crippen LogP contribution in [0.3, 0.4) is 0 Å². The number of amides is 1. The van der Waals surface area contributed by atoms with Crippen molar-refractivity contribution in [2.24, 2.45) is 29.6 Å². The number of carbonyl (C=O) groups excluding carboxylic acids is 1. The topological polar surface area (TPSA) is 59.3 Å². The maximum Gasteiger partial charge on any atom is 0.336 e. The van der Waals surface area contributed by atoms with Gasteiger partial charge in [0.1, 0.15) is 5.76 Å². The van der Waals surface area contributed by atoms with Crippen LogP contribution in [0.4, 0.5) is 0 Å². The molecule has 130 valence electrons. The highest BCUT2D eigenvalue weighted by Gasteiger charge is 2.51. The zero-order valence-electron chi connectivity index (χ0n) is 14.8. The van der Waals surface area contributed by atoms with Crippen LogP contribution in [0.1, 0.15) is 60.7 Å². The quantitative estimate of drug-likeness (QED) is 0.924. The lowest BCUT2D eigenvalue weighted by Crippen LogP contribution is -2.48. The first-order valence-electron chi connectivity index (χ1n) is 9.36. The third kappa shape index (κ3) is 2.51. The average molecular weight is 329 g/mol. The summed E-state index contributed by atoms with van der Waals surface area (Å²) in [5.41, 5.74) is 0.822. The fourth-order valence-electron chi connectivity index (χ4n) is 6.20. The molecule has 1 aromatic heterocycles. The van der Waals surface area contributed by atoms with E-state index in [1.54, 1.807) is 13.8 Å². The van der Waals surface area contributed by atoms with E-state index in [1.807, 2.05) is 0 Å². The van der Waals surface area contributed by atoms with Crippen molar-refractivity contribution in [1.82, 2.24) is 5.32 Å². The van der Waals surface area contributed by atoms with Crippen LogP contribution in [0, 0.1) is 43.4 Å². The van der Waals surface area contributed by atoms with Crippen LogP contribution in [-0.2, 0) is 0 Å². The molecule has 3 saturated carbocycles. The zero-order chi connectivity index (χ0) is 17.0. The minimum absolute atomic E-state index is 0.0998. The fourth-order valence-corrected chi connectivity index (χ4v) is 6.20. The van der Waals surface area contributed by atoms with E-state index in [2.05, 4.69) is 12.2 Å². The molecule has 6 atom stereocenters. The molecule has 4 nitrogen and oxygen atoms in total. The van der Waals surface area contributed by atoms with Crippen LogP contribution < -0.4 is 10.9 Å². The lowest BCUT2D eigenvalue weighted by atomic mass is 9.62. The van der Waals surface area contributed by atoms with Gasteiger partial charge in [0.2, 0.25) is 0 Å². The Bertz CT molecular complexity index is 696. The first-order chi connectivity index (χ1) is 11.4. The second-order valence-electron chi connectivity index (χ2n) is 8.35. The van der Waals surface area contributed by atoms with Crippen LogP contribution in [0.5, 0.6) is 0 Å². The summed E-state index contributed by atoms with van der Waals surface area (Å²) in [5.74, 6) is 4.33. The van der Waals surface area contributed by atoms with E-state index < -0.39 is 5.63 Å². The second-order valence-corrected chi connectivity index (χ2v) is 8.35. The number of hydrogen-bond donors (Lipinski definition) is 1. The minimum atomic E-state index is -0.392. The second kappa shape index (κ2) is 5.75. The molecule has 0 aliphatic heterocycles.